The van der Waals surface area contributed by atoms with E-state index in [0.29, 0.717) is 26.3 Å². The summed E-state index contributed by atoms with van der Waals surface area (Å²) in [6.45, 7) is 4.98. The molecule has 1 heterocycles. The van der Waals surface area contributed by atoms with Gasteiger partial charge in [-0.25, -0.2) is 4.39 Å². The summed E-state index contributed by atoms with van der Waals surface area (Å²) in [5.41, 5.74) is 0. The summed E-state index contributed by atoms with van der Waals surface area (Å²) in [5, 5.41) is 0. The van der Waals surface area contributed by atoms with E-state index >= 15 is 0 Å². The first-order valence-electron chi connectivity index (χ1n) is 7.47. The van der Waals surface area contributed by atoms with E-state index in [1.165, 1.54) is 6.07 Å². The van der Waals surface area contributed by atoms with E-state index in [-0.39, 0.29) is 23.5 Å². The molecule has 4 nitrogen and oxygen atoms in total. The van der Waals surface area contributed by atoms with E-state index in [2.05, 4.69) is 4.90 Å². The maximum Gasteiger partial charge on any atom is 0.310 e. The Balaban J connectivity index is 1.75. The normalized spacial score (nSPS) is 19.2. The zero-order chi connectivity index (χ0) is 15.1. The van der Waals surface area contributed by atoms with Crippen molar-refractivity contribution < 1.29 is 18.7 Å². The van der Waals surface area contributed by atoms with Gasteiger partial charge in [-0.1, -0.05) is 12.1 Å². The van der Waals surface area contributed by atoms with Crippen LogP contribution in [0, 0.1) is 11.7 Å². The van der Waals surface area contributed by atoms with Crippen molar-refractivity contribution in [3.05, 3.63) is 30.1 Å². The minimum Gasteiger partial charge on any atom is -0.489 e. The zero-order valence-corrected chi connectivity index (χ0v) is 12.4. The lowest BCUT2D eigenvalue weighted by Gasteiger charge is -2.31. The minimum absolute atomic E-state index is 0.0489. The number of ether oxygens (including phenoxy) is 2. The zero-order valence-electron chi connectivity index (χ0n) is 12.4. The molecule has 0 unspecified atom stereocenters. The number of likely N-dealkylation sites (tertiary alicyclic amines) is 1. The molecule has 1 atom stereocenters. The fraction of sp³-hybridized carbons (Fsp3) is 0.562. The Hall–Kier alpha value is -1.62. The van der Waals surface area contributed by atoms with Crippen LogP contribution in [0.3, 0.4) is 0 Å². The molecule has 0 saturated carbocycles. The molecule has 1 saturated heterocycles. The molecule has 116 valence electrons. The molecule has 0 aliphatic carbocycles. The van der Waals surface area contributed by atoms with Gasteiger partial charge >= 0.3 is 5.97 Å². The van der Waals surface area contributed by atoms with E-state index in [1.54, 1.807) is 18.2 Å². The summed E-state index contributed by atoms with van der Waals surface area (Å²) < 4.78 is 23.9. The summed E-state index contributed by atoms with van der Waals surface area (Å²) >= 11 is 0. The van der Waals surface area contributed by atoms with Gasteiger partial charge in [0.25, 0.3) is 0 Å². The van der Waals surface area contributed by atoms with Gasteiger partial charge in [0.15, 0.2) is 11.6 Å². The lowest BCUT2D eigenvalue weighted by molar-refractivity contribution is -0.150. The Kier molecular flexibility index (Phi) is 5.99. The molecule has 1 aliphatic rings. The van der Waals surface area contributed by atoms with E-state index < -0.39 is 0 Å². The van der Waals surface area contributed by atoms with Gasteiger partial charge in [-0.3, -0.25) is 9.69 Å². The SMILES string of the molecule is CCOC(=O)[C@@H]1CCCN(CCOc2ccccc2F)C1. The highest BCUT2D eigenvalue weighted by atomic mass is 19.1. The Labute approximate surface area is 124 Å². The highest BCUT2D eigenvalue weighted by Crippen LogP contribution is 2.18. The molecule has 0 aromatic heterocycles. The molecular formula is C16H22FNO3. The van der Waals surface area contributed by atoms with Crippen LogP contribution in [0.15, 0.2) is 24.3 Å². The van der Waals surface area contributed by atoms with Gasteiger partial charge in [0, 0.05) is 13.1 Å². The van der Waals surface area contributed by atoms with Crippen molar-refractivity contribution in [2.24, 2.45) is 5.92 Å². The molecule has 1 aromatic carbocycles. The number of halogens is 1. The van der Waals surface area contributed by atoms with Crippen molar-refractivity contribution in [1.29, 1.82) is 0 Å². The largest absolute Gasteiger partial charge is 0.489 e. The van der Waals surface area contributed by atoms with Crippen LogP contribution in [-0.4, -0.2) is 43.7 Å². The quantitative estimate of drug-likeness (QED) is 0.756. The van der Waals surface area contributed by atoms with Crippen molar-refractivity contribution in [3.8, 4) is 5.75 Å². The van der Waals surface area contributed by atoms with Gasteiger partial charge in [-0.05, 0) is 38.4 Å². The van der Waals surface area contributed by atoms with Gasteiger partial charge in [0.1, 0.15) is 6.61 Å². The highest BCUT2D eigenvalue weighted by Gasteiger charge is 2.26. The fourth-order valence-electron chi connectivity index (χ4n) is 2.56. The van der Waals surface area contributed by atoms with Crippen molar-refractivity contribution in [2.45, 2.75) is 19.8 Å². The molecule has 0 bridgehead atoms. The van der Waals surface area contributed by atoms with Crippen LogP contribution < -0.4 is 4.74 Å². The Morgan fingerprint density at radius 3 is 3.00 bits per heavy atom. The summed E-state index contributed by atoms with van der Waals surface area (Å²) in [6, 6.07) is 6.38. The third-order valence-electron chi connectivity index (χ3n) is 3.63. The van der Waals surface area contributed by atoms with E-state index in [1.807, 2.05) is 6.92 Å². The van der Waals surface area contributed by atoms with Crippen LogP contribution >= 0.6 is 0 Å². The number of carbonyl (C=O) groups excluding carboxylic acids is 1. The first-order chi connectivity index (χ1) is 10.2. The van der Waals surface area contributed by atoms with Crippen molar-refractivity contribution >= 4 is 5.97 Å². The van der Waals surface area contributed by atoms with Crippen LogP contribution in [-0.2, 0) is 9.53 Å². The number of nitrogens with zero attached hydrogens (tertiary/aromatic N) is 1. The molecule has 0 spiro atoms. The second-order valence-electron chi connectivity index (χ2n) is 5.17. The summed E-state index contributed by atoms with van der Waals surface area (Å²) in [5.74, 6) is -0.235. The second kappa shape index (κ2) is 7.98. The molecule has 0 amide bonds. The molecule has 5 heteroatoms. The molecule has 2 rings (SSSR count). The van der Waals surface area contributed by atoms with Crippen LogP contribution in [0.2, 0.25) is 0 Å². The lowest BCUT2D eigenvalue weighted by Crippen LogP contribution is -2.41. The average Bonchev–Trinajstić information content (AvgIpc) is 2.50. The average molecular weight is 295 g/mol. The number of hydrogen-bond donors (Lipinski definition) is 0. The summed E-state index contributed by atoms with van der Waals surface area (Å²) in [7, 11) is 0. The van der Waals surface area contributed by atoms with Crippen molar-refractivity contribution in [1.82, 2.24) is 4.90 Å². The van der Waals surface area contributed by atoms with Crippen LogP contribution in [0.25, 0.3) is 0 Å². The summed E-state index contributed by atoms with van der Waals surface area (Å²) in [6.07, 6.45) is 1.85. The number of carbonyl (C=O) groups is 1. The predicted octanol–water partition coefficient (Wildman–Crippen LogP) is 2.48. The highest BCUT2D eigenvalue weighted by molar-refractivity contribution is 5.72. The number of rotatable bonds is 6. The first-order valence-corrected chi connectivity index (χ1v) is 7.47. The van der Waals surface area contributed by atoms with Crippen LogP contribution in [0.5, 0.6) is 5.75 Å². The molecular weight excluding hydrogens is 273 g/mol. The smallest absolute Gasteiger partial charge is 0.310 e. The van der Waals surface area contributed by atoms with Crippen LogP contribution in [0.4, 0.5) is 4.39 Å². The van der Waals surface area contributed by atoms with Crippen molar-refractivity contribution in [3.63, 3.8) is 0 Å². The van der Waals surface area contributed by atoms with E-state index in [9.17, 15) is 9.18 Å². The third-order valence-corrected chi connectivity index (χ3v) is 3.63. The molecule has 1 aromatic rings. The maximum atomic E-state index is 13.4. The van der Waals surface area contributed by atoms with E-state index in [0.717, 1.165) is 19.4 Å². The number of piperidine rings is 1. The third kappa shape index (κ3) is 4.70. The number of benzene rings is 1. The van der Waals surface area contributed by atoms with Gasteiger partial charge in [-0.2, -0.15) is 0 Å². The van der Waals surface area contributed by atoms with Gasteiger partial charge in [0.2, 0.25) is 0 Å². The Bertz CT molecular complexity index is 467. The van der Waals surface area contributed by atoms with Gasteiger partial charge < -0.3 is 9.47 Å². The standard InChI is InChI=1S/C16H22FNO3/c1-2-20-16(19)13-6-5-9-18(12-13)10-11-21-15-8-4-3-7-14(15)17/h3-4,7-8,13H,2,5-6,9-12H2,1H3/t13-/m1/s1. The monoisotopic (exact) mass is 295 g/mol. The molecule has 0 N–H and O–H groups in total. The number of esters is 1. The lowest BCUT2D eigenvalue weighted by atomic mass is 9.98. The molecule has 1 fully saturated rings. The minimum atomic E-state index is -0.347. The number of para-hydroxylation sites is 1. The van der Waals surface area contributed by atoms with Gasteiger partial charge in [-0.15, -0.1) is 0 Å². The second-order valence-corrected chi connectivity index (χ2v) is 5.17. The first kappa shape index (κ1) is 15.8. The van der Waals surface area contributed by atoms with Gasteiger partial charge in [0.05, 0.1) is 12.5 Å². The molecule has 1 aliphatic heterocycles. The number of hydrogen-bond acceptors (Lipinski definition) is 4. The maximum absolute atomic E-state index is 13.4. The molecule has 21 heavy (non-hydrogen) atoms. The predicted molar refractivity (Wildman–Crippen MR) is 77.7 cm³/mol. The fourth-order valence-corrected chi connectivity index (χ4v) is 2.56. The van der Waals surface area contributed by atoms with Crippen molar-refractivity contribution in [2.75, 3.05) is 32.8 Å². The summed E-state index contributed by atoms with van der Waals surface area (Å²) in [4.78, 5) is 13.9. The molecule has 0 radical (unpaired) electrons. The Morgan fingerprint density at radius 1 is 1.43 bits per heavy atom. The van der Waals surface area contributed by atoms with E-state index in [4.69, 9.17) is 9.47 Å². The topological polar surface area (TPSA) is 38.8 Å². The Morgan fingerprint density at radius 2 is 2.24 bits per heavy atom. The van der Waals surface area contributed by atoms with Crippen LogP contribution in [0.1, 0.15) is 19.8 Å².